The number of carbonyl (C=O) groups is 2. The zero-order valence-corrected chi connectivity index (χ0v) is 20.1. The van der Waals surface area contributed by atoms with Gasteiger partial charge in [0.1, 0.15) is 28.0 Å². The van der Waals surface area contributed by atoms with Crippen LogP contribution in [-0.4, -0.2) is 56.4 Å². The third kappa shape index (κ3) is 3.49. The lowest BCUT2D eigenvalue weighted by Crippen LogP contribution is -2.59. The number of aliphatic hydroxyl groups is 3. The first-order valence-corrected chi connectivity index (χ1v) is 11.8. The van der Waals surface area contributed by atoms with Crippen LogP contribution in [0.4, 0.5) is 0 Å². The summed E-state index contributed by atoms with van der Waals surface area (Å²) in [6.45, 7) is -0.448. The first-order valence-electron chi connectivity index (χ1n) is 11.5. The predicted octanol–water partition coefficient (Wildman–Crippen LogP) is 2.83. The molecule has 10 heteroatoms. The zero-order chi connectivity index (χ0) is 25.9. The van der Waals surface area contributed by atoms with E-state index in [0.29, 0.717) is 23.6 Å². The average Bonchev–Trinajstić information content (AvgIpc) is 2.79. The number of hydrogen-bond donors (Lipinski definition) is 5. The topological polar surface area (TPSA) is 163 Å². The number of aliphatic hydroxyl groups excluding tert-OH is 2. The molecule has 1 amide bonds. The van der Waals surface area contributed by atoms with E-state index < -0.39 is 47.2 Å². The molecule has 188 valence electrons. The molecular formula is C26H25ClN2O7. The SMILES string of the molecule is COCC1(O)C(C(N)=O)=C(O)CC2CC3Cc4c(-c5ccc(Cl)nc5)ccc(O)c4C(O)=C3C(=O)C21. The molecule has 9 nitrogen and oxygen atoms in total. The van der Waals surface area contributed by atoms with Crippen molar-refractivity contribution >= 4 is 29.1 Å². The fourth-order valence-corrected chi connectivity index (χ4v) is 6.41. The smallest absolute Gasteiger partial charge is 0.251 e. The molecule has 1 fully saturated rings. The van der Waals surface area contributed by atoms with Gasteiger partial charge in [-0.25, -0.2) is 4.98 Å². The molecule has 3 aliphatic rings. The second kappa shape index (κ2) is 8.62. The first kappa shape index (κ1) is 24.3. The molecular weight excluding hydrogens is 488 g/mol. The number of carbonyl (C=O) groups excluding carboxylic acids is 2. The number of amides is 1. The van der Waals surface area contributed by atoms with E-state index >= 15 is 0 Å². The predicted molar refractivity (Wildman–Crippen MR) is 130 cm³/mol. The van der Waals surface area contributed by atoms with Gasteiger partial charge in [-0.05, 0) is 54.0 Å². The van der Waals surface area contributed by atoms with Crippen molar-refractivity contribution in [3.8, 4) is 16.9 Å². The summed E-state index contributed by atoms with van der Waals surface area (Å²) in [4.78, 5) is 30.2. The lowest BCUT2D eigenvalue weighted by molar-refractivity contribution is -0.144. The molecule has 6 N–H and O–H groups in total. The van der Waals surface area contributed by atoms with Crippen LogP contribution in [0.3, 0.4) is 0 Å². The molecule has 1 saturated carbocycles. The Hall–Kier alpha value is -3.40. The van der Waals surface area contributed by atoms with E-state index in [4.69, 9.17) is 22.1 Å². The fraction of sp³-hybridized carbons (Fsp3) is 0.346. The molecule has 0 aliphatic heterocycles. The Morgan fingerprint density at radius 3 is 2.61 bits per heavy atom. The maximum absolute atomic E-state index is 13.9. The zero-order valence-electron chi connectivity index (χ0n) is 19.4. The lowest BCUT2D eigenvalue weighted by atomic mass is 9.56. The van der Waals surface area contributed by atoms with E-state index in [1.54, 1.807) is 24.4 Å². The van der Waals surface area contributed by atoms with Crippen LogP contribution < -0.4 is 5.73 Å². The number of methoxy groups -OCH3 is 1. The van der Waals surface area contributed by atoms with Gasteiger partial charge in [-0.1, -0.05) is 17.7 Å². The summed E-state index contributed by atoms with van der Waals surface area (Å²) in [6, 6.07) is 6.57. The maximum Gasteiger partial charge on any atom is 0.251 e. The van der Waals surface area contributed by atoms with E-state index in [1.165, 1.54) is 13.2 Å². The highest BCUT2D eigenvalue weighted by Crippen LogP contribution is 2.54. The summed E-state index contributed by atoms with van der Waals surface area (Å²) in [5.41, 5.74) is 5.17. The van der Waals surface area contributed by atoms with Crippen LogP contribution in [0.5, 0.6) is 5.75 Å². The molecule has 5 rings (SSSR count). The Morgan fingerprint density at radius 1 is 1.22 bits per heavy atom. The number of Topliss-reactive ketones (excluding diaryl/α,β-unsaturated/α-hetero) is 1. The number of ether oxygens (including phenoxy) is 1. The van der Waals surface area contributed by atoms with Gasteiger partial charge in [0.2, 0.25) is 0 Å². The molecule has 0 saturated heterocycles. The molecule has 0 spiro atoms. The van der Waals surface area contributed by atoms with Crippen molar-refractivity contribution in [1.82, 2.24) is 4.98 Å². The molecule has 1 aromatic heterocycles. The average molecular weight is 513 g/mol. The Bertz CT molecular complexity index is 1350. The quantitative estimate of drug-likeness (QED) is 0.390. The van der Waals surface area contributed by atoms with Crippen molar-refractivity contribution in [2.24, 2.45) is 23.5 Å². The molecule has 0 radical (unpaired) electrons. The minimum absolute atomic E-state index is 0.0217. The molecule has 2 aromatic rings. The number of aromatic hydroxyl groups is 1. The summed E-state index contributed by atoms with van der Waals surface area (Å²) in [6.07, 6.45) is 2.23. The molecule has 1 aromatic carbocycles. The number of primary amides is 1. The van der Waals surface area contributed by atoms with Crippen molar-refractivity contribution in [3.63, 3.8) is 0 Å². The molecule has 0 bridgehead atoms. The van der Waals surface area contributed by atoms with Gasteiger partial charge >= 0.3 is 0 Å². The number of pyridine rings is 1. The molecule has 1 heterocycles. The number of allylic oxidation sites excluding steroid dienone is 2. The van der Waals surface area contributed by atoms with Crippen molar-refractivity contribution < 1.29 is 34.8 Å². The number of hydrogen-bond acceptors (Lipinski definition) is 8. The summed E-state index contributed by atoms with van der Waals surface area (Å²) < 4.78 is 5.13. The Morgan fingerprint density at radius 2 is 1.97 bits per heavy atom. The monoisotopic (exact) mass is 512 g/mol. The number of fused-ring (bicyclic) bond motifs is 3. The first-order chi connectivity index (χ1) is 17.1. The number of phenols is 1. The van der Waals surface area contributed by atoms with E-state index in [0.717, 1.165) is 11.1 Å². The van der Waals surface area contributed by atoms with Crippen LogP contribution >= 0.6 is 11.6 Å². The van der Waals surface area contributed by atoms with Gasteiger partial charge in [0.05, 0.1) is 23.7 Å². The van der Waals surface area contributed by atoms with Gasteiger partial charge in [-0.3, -0.25) is 9.59 Å². The van der Waals surface area contributed by atoms with Gasteiger partial charge in [0.25, 0.3) is 5.91 Å². The van der Waals surface area contributed by atoms with Crippen LogP contribution in [-0.2, 0) is 20.7 Å². The number of benzene rings is 1. The summed E-state index contributed by atoms with van der Waals surface area (Å²) in [5, 5.41) is 44.5. The molecule has 3 aliphatic carbocycles. The van der Waals surface area contributed by atoms with Gasteiger partial charge in [0.15, 0.2) is 5.78 Å². The highest BCUT2D eigenvalue weighted by molar-refractivity contribution is 6.29. The number of phenolic OH excluding ortho intramolecular Hbond substituents is 1. The number of nitrogens with zero attached hydrogens (tertiary/aromatic N) is 1. The standard InChI is InChI=1S/C26H25ClN2O7/c1-36-10-26(35)21-13(8-17(31)22(26)25(28)34)6-12-7-15-14(11-2-5-18(27)29-9-11)3-4-16(30)20(15)23(32)19(12)24(21)33/h2-5,9,12-13,21,30-32,35H,6-8,10H2,1H3,(H2,28,34). The lowest BCUT2D eigenvalue weighted by Gasteiger charge is -2.49. The third-order valence-electron chi connectivity index (χ3n) is 7.59. The van der Waals surface area contributed by atoms with Gasteiger partial charge in [0, 0.05) is 30.9 Å². The summed E-state index contributed by atoms with van der Waals surface area (Å²) in [5.74, 6) is -4.69. The van der Waals surface area contributed by atoms with Crippen LogP contribution in [0.15, 0.2) is 47.4 Å². The third-order valence-corrected chi connectivity index (χ3v) is 7.81. The van der Waals surface area contributed by atoms with Crippen LogP contribution in [0.1, 0.15) is 24.0 Å². The van der Waals surface area contributed by atoms with E-state index in [2.05, 4.69) is 4.98 Å². The highest BCUT2D eigenvalue weighted by atomic mass is 35.5. The van der Waals surface area contributed by atoms with Crippen molar-refractivity contribution in [1.29, 1.82) is 0 Å². The molecule has 36 heavy (non-hydrogen) atoms. The number of ketones is 1. The summed E-state index contributed by atoms with van der Waals surface area (Å²) >= 11 is 5.93. The van der Waals surface area contributed by atoms with E-state index in [9.17, 15) is 30.0 Å². The number of aromatic nitrogens is 1. The minimum Gasteiger partial charge on any atom is -0.512 e. The molecule has 4 unspecified atom stereocenters. The largest absolute Gasteiger partial charge is 0.512 e. The normalized spacial score (nSPS) is 27.4. The minimum atomic E-state index is -2.16. The molecule has 4 atom stereocenters. The maximum atomic E-state index is 13.9. The second-order valence-corrected chi connectivity index (χ2v) is 9.99. The van der Waals surface area contributed by atoms with Crippen LogP contribution in [0.2, 0.25) is 5.15 Å². The second-order valence-electron chi connectivity index (χ2n) is 9.60. The van der Waals surface area contributed by atoms with E-state index in [1.807, 2.05) is 0 Å². The van der Waals surface area contributed by atoms with Crippen LogP contribution in [0, 0.1) is 17.8 Å². The van der Waals surface area contributed by atoms with Crippen LogP contribution in [0.25, 0.3) is 16.9 Å². The fourth-order valence-electron chi connectivity index (χ4n) is 6.30. The Balaban J connectivity index is 1.67. The van der Waals surface area contributed by atoms with Gasteiger partial charge < -0.3 is 30.9 Å². The van der Waals surface area contributed by atoms with Gasteiger partial charge in [-0.15, -0.1) is 0 Å². The Labute approximate surface area is 211 Å². The van der Waals surface area contributed by atoms with Crippen molar-refractivity contribution in [2.75, 3.05) is 13.7 Å². The number of halogens is 1. The number of rotatable bonds is 4. The van der Waals surface area contributed by atoms with Crippen molar-refractivity contribution in [3.05, 3.63) is 63.6 Å². The Kier molecular flexibility index (Phi) is 5.82. The van der Waals surface area contributed by atoms with E-state index in [-0.39, 0.29) is 34.8 Å². The van der Waals surface area contributed by atoms with Gasteiger partial charge in [-0.2, -0.15) is 0 Å². The summed E-state index contributed by atoms with van der Waals surface area (Å²) in [7, 11) is 1.30. The highest BCUT2D eigenvalue weighted by Gasteiger charge is 2.59. The number of nitrogens with two attached hydrogens (primary N) is 1. The van der Waals surface area contributed by atoms with Crippen molar-refractivity contribution in [2.45, 2.75) is 24.9 Å².